The monoisotopic (exact) mass is 375 g/mol. The Hall–Kier alpha value is -0.160. The minimum atomic E-state index is 0.335. The summed E-state index contributed by atoms with van der Waals surface area (Å²) >= 11 is 0. The Morgan fingerprint density at radius 3 is 2.70 bits per heavy atom. The van der Waals surface area contributed by atoms with Crippen molar-refractivity contribution in [3.05, 3.63) is 0 Å². The maximum Gasteiger partial charge on any atom is 0.0431 e. The molecular formula is C23H41N3O. The summed E-state index contributed by atoms with van der Waals surface area (Å²) < 4.78 is 0. The number of aliphatic hydroxyl groups is 1. The predicted molar refractivity (Wildman–Crippen MR) is 109 cm³/mol. The minimum absolute atomic E-state index is 0.335. The van der Waals surface area contributed by atoms with Crippen molar-refractivity contribution in [2.24, 2.45) is 52.4 Å². The summed E-state index contributed by atoms with van der Waals surface area (Å²) in [5.74, 6) is 4.53. The molecule has 4 nitrogen and oxygen atoms in total. The van der Waals surface area contributed by atoms with Crippen LogP contribution in [-0.2, 0) is 0 Å². The minimum Gasteiger partial charge on any atom is -0.396 e. The summed E-state index contributed by atoms with van der Waals surface area (Å²) in [5.41, 5.74) is 14.1. The number of nitrogens with one attached hydrogen (secondary N) is 1. The molecule has 4 heteroatoms. The molecule has 1 aliphatic heterocycles. The normalized spacial score (nSPS) is 57.2. The fraction of sp³-hybridized carbons (Fsp3) is 1.00. The molecule has 4 saturated carbocycles. The highest BCUT2D eigenvalue weighted by atomic mass is 16.2. The number of nitrogens with two attached hydrogens (primary N) is 2. The zero-order valence-electron chi connectivity index (χ0n) is 17.4. The summed E-state index contributed by atoms with van der Waals surface area (Å²) in [5, 5.41) is 13.3. The van der Waals surface area contributed by atoms with Gasteiger partial charge in [0, 0.05) is 30.3 Å². The lowest BCUT2D eigenvalue weighted by molar-refractivity contribution is -0.0873. The van der Waals surface area contributed by atoms with Crippen LogP contribution in [0.4, 0.5) is 0 Å². The number of rotatable bonds is 4. The zero-order chi connectivity index (χ0) is 19.0. The second-order valence-corrected chi connectivity index (χ2v) is 11.3. The van der Waals surface area contributed by atoms with Crippen molar-refractivity contribution >= 4 is 0 Å². The van der Waals surface area contributed by atoms with Gasteiger partial charge in [-0.1, -0.05) is 13.8 Å². The van der Waals surface area contributed by atoms with E-state index in [9.17, 15) is 5.11 Å². The van der Waals surface area contributed by atoms with Crippen molar-refractivity contribution in [1.82, 2.24) is 5.32 Å². The van der Waals surface area contributed by atoms with E-state index in [1.54, 1.807) is 0 Å². The van der Waals surface area contributed by atoms with Crippen molar-refractivity contribution in [1.29, 1.82) is 0 Å². The lowest BCUT2D eigenvalue weighted by Crippen LogP contribution is -2.61. The van der Waals surface area contributed by atoms with Crippen molar-refractivity contribution in [3.8, 4) is 0 Å². The molecule has 0 radical (unpaired) electrons. The van der Waals surface area contributed by atoms with Crippen LogP contribution in [0.15, 0.2) is 0 Å². The van der Waals surface area contributed by atoms with Crippen LogP contribution in [0.3, 0.4) is 0 Å². The highest BCUT2D eigenvalue weighted by molar-refractivity contribution is 5.30. The van der Waals surface area contributed by atoms with E-state index in [0.29, 0.717) is 41.5 Å². The summed E-state index contributed by atoms with van der Waals surface area (Å²) in [4.78, 5) is 0. The zero-order valence-corrected chi connectivity index (χ0v) is 17.4. The summed E-state index contributed by atoms with van der Waals surface area (Å²) in [6.07, 6.45) is 11.1. The van der Waals surface area contributed by atoms with Gasteiger partial charge in [0.2, 0.25) is 0 Å². The molecule has 1 saturated heterocycles. The predicted octanol–water partition coefficient (Wildman–Crippen LogP) is 2.63. The molecule has 5 rings (SSSR count). The first kappa shape index (κ1) is 18.8. The van der Waals surface area contributed by atoms with Gasteiger partial charge in [-0.3, -0.25) is 0 Å². The third-order valence-corrected chi connectivity index (χ3v) is 10.3. The van der Waals surface area contributed by atoms with Gasteiger partial charge in [0.1, 0.15) is 0 Å². The molecule has 1 heterocycles. The Bertz CT molecular complexity index is 584. The van der Waals surface area contributed by atoms with E-state index in [1.807, 2.05) is 0 Å². The van der Waals surface area contributed by atoms with Crippen LogP contribution < -0.4 is 16.8 Å². The molecule has 11 atom stereocenters. The van der Waals surface area contributed by atoms with Crippen molar-refractivity contribution < 1.29 is 5.11 Å². The van der Waals surface area contributed by atoms with Gasteiger partial charge in [0.05, 0.1) is 0 Å². The molecule has 5 aliphatic rings. The first-order chi connectivity index (χ1) is 12.9. The lowest BCUT2D eigenvalue weighted by Gasteiger charge is -2.60. The van der Waals surface area contributed by atoms with Crippen LogP contribution in [-0.4, -0.2) is 35.4 Å². The fourth-order valence-corrected chi connectivity index (χ4v) is 9.03. The van der Waals surface area contributed by atoms with E-state index in [0.717, 1.165) is 36.1 Å². The van der Waals surface area contributed by atoms with Crippen LogP contribution in [0.1, 0.15) is 71.6 Å². The SMILES string of the molecule is C[C@H](CCCO)[C@H]1CC[C@H]2C3[C@H](N)CC4C[C@H](N)CCC4(C)[C@H]3C[C@@H]3NC312. The molecule has 0 aromatic heterocycles. The van der Waals surface area contributed by atoms with Crippen molar-refractivity contribution in [2.45, 2.75) is 95.3 Å². The molecule has 154 valence electrons. The highest BCUT2D eigenvalue weighted by Crippen LogP contribution is 2.69. The number of hydrogen-bond donors (Lipinski definition) is 4. The Labute approximate surface area is 165 Å². The second-order valence-electron chi connectivity index (χ2n) is 11.3. The van der Waals surface area contributed by atoms with Gasteiger partial charge >= 0.3 is 0 Å². The topological polar surface area (TPSA) is 94.2 Å². The molecule has 6 N–H and O–H groups in total. The van der Waals surface area contributed by atoms with Gasteiger partial charge < -0.3 is 21.9 Å². The van der Waals surface area contributed by atoms with E-state index < -0.39 is 0 Å². The number of fused-ring (bicyclic) bond motifs is 4. The van der Waals surface area contributed by atoms with Crippen LogP contribution in [0.5, 0.6) is 0 Å². The first-order valence-corrected chi connectivity index (χ1v) is 11.8. The van der Waals surface area contributed by atoms with Gasteiger partial charge in [-0.25, -0.2) is 0 Å². The average molecular weight is 376 g/mol. The summed E-state index contributed by atoms with van der Waals surface area (Å²) in [6, 6.07) is 1.50. The van der Waals surface area contributed by atoms with E-state index >= 15 is 0 Å². The Kier molecular flexibility index (Phi) is 4.48. The average Bonchev–Trinajstić information content (AvgIpc) is 3.24. The largest absolute Gasteiger partial charge is 0.396 e. The van der Waals surface area contributed by atoms with E-state index in [4.69, 9.17) is 11.5 Å². The first-order valence-electron chi connectivity index (χ1n) is 11.8. The molecule has 4 unspecified atom stereocenters. The Morgan fingerprint density at radius 2 is 1.93 bits per heavy atom. The van der Waals surface area contributed by atoms with Gasteiger partial charge in [0.25, 0.3) is 0 Å². The number of hydrogen-bond acceptors (Lipinski definition) is 4. The molecule has 0 aromatic carbocycles. The molecule has 0 aromatic rings. The molecule has 27 heavy (non-hydrogen) atoms. The van der Waals surface area contributed by atoms with Crippen LogP contribution in [0.25, 0.3) is 0 Å². The third-order valence-electron chi connectivity index (χ3n) is 10.3. The van der Waals surface area contributed by atoms with E-state index in [-0.39, 0.29) is 0 Å². The third kappa shape index (κ3) is 2.55. The van der Waals surface area contributed by atoms with Crippen LogP contribution in [0.2, 0.25) is 0 Å². The molecule has 4 aliphatic carbocycles. The van der Waals surface area contributed by atoms with Gasteiger partial charge in [0.15, 0.2) is 0 Å². The summed E-state index contributed by atoms with van der Waals surface area (Å²) in [6.45, 7) is 5.36. The fourth-order valence-electron chi connectivity index (χ4n) is 9.03. The summed E-state index contributed by atoms with van der Waals surface area (Å²) in [7, 11) is 0. The molecule has 5 fully saturated rings. The Balaban J connectivity index is 1.41. The lowest BCUT2D eigenvalue weighted by atomic mass is 9.45. The molecular weight excluding hydrogens is 334 g/mol. The second kappa shape index (κ2) is 6.42. The smallest absolute Gasteiger partial charge is 0.0431 e. The van der Waals surface area contributed by atoms with Crippen molar-refractivity contribution in [3.63, 3.8) is 0 Å². The Morgan fingerprint density at radius 1 is 1.11 bits per heavy atom. The highest BCUT2D eigenvalue weighted by Gasteiger charge is 2.73. The molecule has 0 amide bonds. The van der Waals surface area contributed by atoms with Crippen LogP contribution >= 0.6 is 0 Å². The maximum atomic E-state index is 9.27. The van der Waals surface area contributed by atoms with Crippen LogP contribution in [0, 0.1) is 40.9 Å². The molecule has 1 spiro atoms. The number of aliphatic hydroxyl groups excluding tert-OH is 1. The van der Waals surface area contributed by atoms with E-state index in [1.165, 1.54) is 51.4 Å². The standard InChI is InChI=1S/C23H41N3O/c1-13(4-3-9-27)16-5-6-17-21-18(12-20-23(16,17)26-20)22(2)8-7-15(24)10-14(22)11-19(21)25/h13-21,26-27H,3-12,24-25H2,1-2H3/t13-,14?,15-,16-,17+,18+,19-,20+,21?,22?,23?/m1/s1. The van der Waals surface area contributed by atoms with Crippen molar-refractivity contribution in [2.75, 3.05) is 6.61 Å². The molecule has 0 bridgehead atoms. The maximum absolute atomic E-state index is 9.27. The van der Waals surface area contributed by atoms with Gasteiger partial charge in [-0.2, -0.15) is 0 Å². The van der Waals surface area contributed by atoms with E-state index in [2.05, 4.69) is 19.2 Å². The quantitative estimate of drug-likeness (QED) is 0.568. The van der Waals surface area contributed by atoms with Gasteiger partial charge in [-0.15, -0.1) is 0 Å². The van der Waals surface area contributed by atoms with Gasteiger partial charge in [-0.05, 0) is 98.7 Å².